The van der Waals surface area contributed by atoms with E-state index in [0.717, 1.165) is 9.13 Å². The van der Waals surface area contributed by atoms with Gasteiger partial charge in [0, 0.05) is 14.7 Å². The van der Waals surface area contributed by atoms with Gasteiger partial charge in [-0.1, -0.05) is 17.3 Å². The summed E-state index contributed by atoms with van der Waals surface area (Å²) < 4.78 is 11.4. The van der Waals surface area contributed by atoms with E-state index in [2.05, 4.69) is 38.0 Å². The number of carbonyl (C=O) groups is 1. The summed E-state index contributed by atoms with van der Waals surface area (Å²) in [4.78, 5) is 16.4. The Morgan fingerprint density at radius 3 is 2.79 bits per heavy atom. The van der Waals surface area contributed by atoms with Gasteiger partial charge < -0.3 is 14.6 Å². The van der Waals surface area contributed by atoms with Crippen molar-refractivity contribution in [1.82, 2.24) is 15.5 Å². The van der Waals surface area contributed by atoms with Crippen LogP contribution in [-0.2, 0) is 6.54 Å². The van der Waals surface area contributed by atoms with Crippen LogP contribution in [0.1, 0.15) is 16.2 Å². The fourth-order valence-electron chi connectivity index (χ4n) is 2.07. The molecule has 1 heterocycles. The Morgan fingerprint density at radius 1 is 1.25 bits per heavy atom. The van der Waals surface area contributed by atoms with Crippen LogP contribution in [0, 0.1) is 3.57 Å². The average molecular weight is 435 g/mol. The van der Waals surface area contributed by atoms with Crippen LogP contribution in [0.4, 0.5) is 0 Å². The molecule has 0 radical (unpaired) electrons. The zero-order valence-electron chi connectivity index (χ0n) is 12.8. The Morgan fingerprint density at radius 2 is 2.04 bits per heavy atom. The van der Waals surface area contributed by atoms with Crippen LogP contribution in [0.15, 0.2) is 53.1 Å². The minimum atomic E-state index is -0.187. The number of methoxy groups -OCH3 is 1. The van der Waals surface area contributed by atoms with Gasteiger partial charge in [-0.05, 0) is 59.0 Å². The second-order valence-corrected chi connectivity index (χ2v) is 6.18. The number of amides is 1. The van der Waals surface area contributed by atoms with Crippen molar-refractivity contribution in [2.24, 2.45) is 0 Å². The van der Waals surface area contributed by atoms with E-state index in [9.17, 15) is 4.79 Å². The summed E-state index contributed by atoms with van der Waals surface area (Å²) in [6.07, 6.45) is 0. The third-order valence-corrected chi connectivity index (χ3v) is 4.02. The van der Waals surface area contributed by atoms with Gasteiger partial charge in [-0.3, -0.25) is 4.79 Å². The van der Waals surface area contributed by atoms with Gasteiger partial charge in [-0.15, -0.1) is 0 Å². The lowest BCUT2D eigenvalue weighted by molar-refractivity contribution is 0.0946. The Labute approximate surface area is 152 Å². The molecule has 0 bridgehead atoms. The number of ether oxygens (including phenoxy) is 1. The monoisotopic (exact) mass is 435 g/mol. The first-order chi connectivity index (χ1) is 11.7. The van der Waals surface area contributed by atoms with Gasteiger partial charge in [0.15, 0.2) is 0 Å². The second kappa shape index (κ2) is 7.43. The molecule has 6 nitrogen and oxygen atoms in total. The number of nitrogens with one attached hydrogen (secondary N) is 1. The van der Waals surface area contributed by atoms with E-state index in [1.807, 2.05) is 36.4 Å². The molecule has 1 amide bonds. The van der Waals surface area contributed by atoms with Crippen molar-refractivity contribution < 1.29 is 14.1 Å². The lowest BCUT2D eigenvalue weighted by atomic mass is 10.2. The topological polar surface area (TPSA) is 77.3 Å². The SMILES string of the molecule is COc1cccc(-c2noc(CNC(=O)c3ccc(I)cc3)n2)c1. The minimum Gasteiger partial charge on any atom is -0.497 e. The number of carbonyl (C=O) groups excluding carboxylic acids is 1. The number of hydrogen-bond donors (Lipinski definition) is 1. The smallest absolute Gasteiger partial charge is 0.251 e. The molecule has 0 spiro atoms. The predicted molar refractivity (Wildman–Crippen MR) is 96.6 cm³/mol. The van der Waals surface area contributed by atoms with E-state index < -0.39 is 0 Å². The molecule has 0 aliphatic rings. The molecule has 1 aromatic heterocycles. The fraction of sp³-hybridized carbons (Fsp3) is 0.118. The summed E-state index contributed by atoms with van der Waals surface area (Å²) in [6, 6.07) is 14.7. The number of aromatic nitrogens is 2. The number of nitrogens with zero attached hydrogens (tertiary/aromatic N) is 2. The van der Waals surface area contributed by atoms with Gasteiger partial charge in [0.2, 0.25) is 11.7 Å². The van der Waals surface area contributed by atoms with Gasteiger partial charge in [0.1, 0.15) is 5.75 Å². The fourth-order valence-corrected chi connectivity index (χ4v) is 2.42. The predicted octanol–water partition coefficient (Wildman–Crippen LogP) is 3.28. The van der Waals surface area contributed by atoms with Crippen molar-refractivity contribution in [3.63, 3.8) is 0 Å². The second-order valence-electron chi connectivity index (χ2n) is 4.93. The highest BCUT2D eigenvalue weighted by Gasteiger charge is 2.11. The molecule has 3 rings (SSSR count). The summed E-state index contributed by atoms with van der Waals surface area (Å²) in [5, 5.41) is 6.69. The van der Waals surface area contributed by atoms with Crippen molar-refractivity contribution in [3.8, 4) is 17.1 Å². The maximum absolute atomic E-state index is 12.1. The van der Waals surface area contributed by atoms with Crippen LogP contribution < -0.4 is 10.1 Å². The molecule has 1 N–H and O–H groups in total. The zero-order chi connectivity index (χ0) is 16.9. The molecular formula is C17H14IN3O3. The molecular weight excluding hydrogens is 421 g/mol. The summed E-state index contributed by atoms with van der Waals surface area (Å²) in [6.45, 7) is 0.168. The molecule has 122 valence electrons. The van der Waals surface area contributed by atoms with Crippen molar-refractivity contribution >= 4 is 28.5 Å². The first kappa shape index (κ1) is 16.4. The van der Waals surface area contributed by atoms with Crippen LogP contribution in [0.3, 0.4) is 0 Å². The number of benzene rings is 2. The molecule has 0 unspecified atom stereocenters. The number of halogens is 1. The van der Waals surface area contributed by atoms with E-state index in [4.69, 9.17) is 9.26 Å². The van der Waals surface area contributed by atoms with E-state index >= 15 is 0 Å². The van der Waals surface area contributed by atoms with Gasteiger partial charge in [0.05, 0.1) is 13.7 Å². The van der Waals surface area contributed by atoms with Crippen LogP contribution in [0.2, 0.25) is 0 Å². The average Bonchev–Trinajstić information content (AvgIpc) is 3.09. The molecule has 0 aliphatic heterocycles. The third kappa shape index (κ3) is 3.91. The molecule has 0 saturated carbocycles. The molecule has 0 atom stereocenters. The van der Waals surface area contributed by atoms with E-state index in [1.165, 1.54) is 0 Å². The molecule has 24 heavy (non-hydrogen) atoms. The lowest BCUT2D eigenvalue weighted by Crippen LogP contribution is -2.22. The van der Waals surface area contributed by atoms with Crippen molar-refractivity contribution in [1.29, 1.82) is 0 Å². The highest BCUT2D eigenvalue weighted by Crippen LogP contribution is 2.21. The molecule has 3 aromatic rings. The van der Waals surface area contributed by atoms with Gasteiger partial charge in [-0.2, -0.15) is 4.98 Å². The van der Waals surface area contributed by atoms with Crippen LogP contribution in [0.25, 0.3) is 11.4 Å². The Hall–Kier alpha value is -2.42. The van der Waals surface area contributed by atoms with Gasteiger partial charge in [-0.25, -0.2) is 0 Å². The van der Waals surface area contributed by atoms with Crippen LogP contribution >= 0.6 is 22.6 Å². The molecule has 0 aliphatic carbocycles. The maximum atomic E-state index is 12.1. The normalized spacial score (nSPS) is 10.4. The van der Waals surface area contributed by atoms with E-state index in [0.29, 0.717) is 23.0 Å². The first-order valence-electron chi connectivity index (χ1n) is 7.16. The zero-order valence-corrected chi connectivity index (χ0v) is 15.0. The number of hydrogen-bond acceptors (Lipinski definition) is 5. The first-order valence-corrected chi connectivity index (χ1v) is 8.24. The van der Waals surface area contributed by atoms with Crippen LogP contribution in [0.5, 0.6) is 5.75 Å². The van der Waals surface area contributed by atoms with Crippen molar-refractivity contribution in [3.05, 3.63) is 63.6 Å². The summed E-state index contributed by atoms with van der Waals surface area (Å²) in [5.41, 5.74) is 1.37. The lowest BCUT2D eigenvalue weighted by Gasteiger charge is -2.02. The number of rotatable bonds is 5. The highest BCUT2D eigenvalue weighted by molar-refractivity contribution is 14.1. The van der Waals surface area contributed by atoms with Gasteiger partial charge >= 0.3 is 0 Å². The Bertz CT molecular complexity index is 846. The van der Waals surface area contributed by atoms with Gasteiger partial charge in [0.25, 0.3) is 5.91 Å². The van der Waals surface area contributed by atoms with E-state index in [-0.39, 0.29) is 12.5 Å². The third-order valence-electron chi connectivity index (χ3n) is 3.30. The molecule has 0 fully saturated rings. The standard InChI is InChI=1S/C17H14IN3O3/c1-23-14-4-2-3-12(9-14)16-20-15(24-21-16)10-19-17(22)11-5-7-13(18)8-6-11/h2-9H,10H2,1H3,(H,19,22). The summed E-state index contributed by atoms with van der Waals surface area (Å²) in [7, 11) is 1.60. The van der Waals surface area contributed by atoms with Crippen LogP contribution in [-0.4, -0.2) is 23.2 Å². The van der Waals surface area contributed by atoms with E-state index in [1.54, 1.807) is 19.2 Å². The maximum Gasteiger partial charge on any atom is 0.251 e. The highest BCUT2D eigenvalue weighted by atomic mass is 127. The minimum absolute atomic E-state index is 0.168. The summed E-state index contributed by atoms with van der Waals surface area (Å²) >= 11 is 2.19. The largest absolute Gasteiger partial charge is 0.497 e. The molecule has 2 aromatic carbocycles. The molecule has 7 heteroatoms. The Kier molecular flexibility index (Phi) is 5.09. The van der Waals surface area contributed by atoms with Crippen molar-refractivity contribution in [2.75, 3.05) is 7.11 Å². The van der Waals surface area contributed by atoms with Crippen molar-refractivity contribution in [2.45, 2.75) is 6.54 Å². The Balaban J connectivity index is 1.65. The summed E-state index contributed by atoms with van der Waals surface area (Å²) in [5.74, 6) is 1.32. The quantitative estimate of drug-likeness (QED) is 0.623. The molecule has 0 saturated heterocycles.